The molecule has 13 heteroatoms. The molecular weight excluding hydrogens is 460 g/mol. The van der Waals surface area contributed by atoms with E-state index in [0.717, 1.165) is 12.4 Å². The summed E-state index contributed by atoms with van der Waals surface area (Å²) in [6.07, 6.45) is 3.44. The molecule has 33 heavy (non-hydrogen) atoms. The highest BCUT2D eigenvalue weighted by Crippen LogP contribution is 2.32. The van der Waals surface area contributed by atoms with Gasteiger partial charge in [-0.1, -0.05) is 0 Å². The van der Waals surface area contributed by atoms with Crippen LogP contribution in [-0.4, -0.2) is 59.6 Å². The van der Waals surface area contributed by atoms with Gasteiger partial charge in [0.2, 0.25) is 17.0 Å². The molecule has 3 heterocycles. The van der Waals surface area contributed by atoms with Crippen LogP contribution in [0.25, 0.3) is 0 Å². The Labute approximate surface area is 192 Å². The van der Waals surface area contributed by atoms with Crippen LogP contribution < -0.4 is 19.8 Å². The second-order valence-electron chi connectivity index (χ2n) is 6.64. The molecule has 172 valence electrons. The minimum Gasteiger partial charge on any atom is -0.493 e. The zero-order valence-corrected chi connectivity index (χ0v) is 18.1. The molecule has 1 N–H and O–H groups in total. The fourth-order valence-corrected chi connectivity index (χ4v) is 3.06. The first-order chi connectivity index (χ1) is 16.0. The van der Waals surface area contributed by atoms with Crippen LogP contribution in [0.2, 0.25) is 5.28 Å². The topological polar surface area (TPSA) is 107 Å². The van der Waals surface area contributed by atoms with Gasteiger partial charge in [-0.3, -0.25) is 0 Å². The molecule has 2 aromatic heterocycles. The van der Waals surface area contributed by atoms with Crippen molar-refractivity contribution in [2.75, 3.05) is 43.7 Å². The van der Waals surface area contributed by atoms with Gasteiger partial charge in [0, 0.05) is 13.1 Å². The third-order valence-electron chi connectivity index (χ3n) is 4.49. The van der Waals surface area contributed by atoms with E-state index in [1.165, 1.54) is 13.3 Å². The largest absolute Gasteiger partial charge is 0.493 e. The lowest BCUT2D eigenvalue weighted by molar-refractivity contribution is 0.122. The number of anilines is 2. The summed E-state index contributed by atoms with van der Waals surface area (Å²) in [4.78, 5) is 17.1. The fraction of sp³-hybridized carbons (Fsp3) is 0.250. The van der Waals surface area contributed by atoms with Crippen molar-refractivity contribution in [3.63, 3.8) is 0 Å². The molecule has 4 rings (SSSR count). The SMILES string of the molecule is COc1ccc(/C=N/Nc2ncc(F)c(N3CCOCC3)n2)cc1Oc1nc(Cl)ncc1F. The molecule has 0 unspecified atom stereocenters. The molecule has 3 aromatic rings. The molecule has 1 aromatic carbocycles. The molecule has 0 atom stereocenters. The zero-order valence-electron chi connectivity index (χ0n) is 17.3. The lowest BCUT2D eigenvalue weighted by Crippen LogP contribution is -2.37. The van der Waals surface area contributed by atoms with Gasteiger partial charge in [-0.15, -0.1) is 0 Å². The Morgan fingerprint density at radius 1 is 1.12 bits per heavy atom. The third-order valence-corrected chi connectivity index (χ3v) is 4.67. The Kier molecular flexibility index (Phi) is 7.05. The molecule has 1 saturated heterocycles. The van der Waals surface area contributed by atoms with Gasteiger partial charge in [0.15, 0.2) is 23.1 Å². The van der Waals surface area contributed by atoms with Crippen LogP contribution in [0.4, 0.5) is 20.5 Å². The monoisotopic (exact) mass is 477 g/mol. The van der Waals surface area contributed by atoms with E-state index in [1.54, 1.807) is 23.1 Å². The number of nitrogens with one attached hydrogen (secondary N) is 1. The maximum Gasteiger partial charge on any atom is 0.260 e. The number of hydrogen-bond acceptors (Lipinski definition) is 10. The van der Waals surface area contributed by atoms with E-state index >= 15 is 0 Å². The molecule has 0 spiro atoms. The van der Waals surface area contributed by atoms with E-state index in [-0.39, 0.29) is 28.7 Å². The lowest BCUT2D eigenvalue weighted by Gasteiger charge is -2.27. The summed E-state index contributed by atoms with van der Waals surface area (Å²) in [6, 6.07) is 4.87. The van der Waals surface area contributed by atoms with E-state index in [4.69, 9.17) is 25.8 Å². The van der Waals surface area contributed by atoms with Crippen molar-refractivity contribution in [1.82, 2.24) is 19.9 Å². The van der Waals surface area contributed by atoms with Crippen molar-refractivity contribution >= 4 is 29.6 Å². The van der Waals surface area contributed by atoms with Crippen LogP contribution in [0.3, 0.4) is 0 Å². The summed E-state index contributed by atoms with van der Waals surface area (Å²) < 4.78 is 44.1. The van der Waals surface area contributed by atoms with Crippen LogP contribution in [0.1, 0.15) is 5.56 Å². The van der Waals surface area contributed by atoms with Gasteiger partial charge < -0.3 is 19.1 Å². The number of aromatic nitrogens is 4. The number of morpholine rings is 1. The van der Waals surface area contributed by atoms with Crippen molar-refractivity contribution in [3.8, 4) is 17.4 Å². The molecule has 0 aliphatic carbocycles. The first kappa shape index (κ1) is 22.6. The van der Waals surface area contributed by atoms with Gasteiger partial charge in [0.1, 0.15) is 0 Å². The Bertz CT molecular complexity index is 1160. The molecule has 0 radical (unpaired) electrons. The maximum atomic E-state index is 14.1. The van der Waals surface area contributed by atoms with E-state index in [1.807, 2.05) is 0 Å². The minimum atomic E-state index is -0.785. The number of hydrazone groups is 1. The molecule has 0 saturated carbocycles. The Hall–Kier alpha value is -3.64. The molecular formula is C20H18ClF2N7O3. The summed E-state index contributed by atoms with van der Waals surface area (Å²) in [5.74, 6) is -0.842. The number of hydrogen-bond donors (Lipinski definition) is 1. The molecule has 10 nitrogen and oxygen atoms in total. The number of halogens is 3. The molecule has 1 aliphatic rings. The van der Waals surface area contributed by atoms with Gasteiger partial charge in [-0.2, -0.15) is 19.5 Å². The number of nitrogens with zero attached hydrogens (tertiary/aromatic N) is 6. The van der Waals surface area contributed by atoms with Crippen LogP contribution in [-0.2, 0) is 4.74 Å². The first-order valence-corrected chi connectivity index (χ1v) is 10.1. The molecule has 0 bridgehead atoms. The predicted octanol–water partition coefficient (Wildman–Crippen LogP) is 3.28. The number of methoxy groups -OCH3 is 1. The van der Waals surface area contributed by atoms with E-state index in [0.29, 0.717) is 37.6 Å². The summed E-state index contributed by atoms with van der Waals surface area (Å²) >= 11 is 5.71. The minimum absolute atomic E-state index is 0.122. The summed E-state index contributed by atoms with van der Waals surface area (Å²) in [6.45, 7) is 2.06. The normalized spacial score (nSPS) is 13.9. The number of ether oxygens (including phenoxy) is 3. The Morgan fingerprint density at radius 2 is 1.91 bits per heavy atom. The molecule has 0 amide bonds. The fourth-order valence-electron chi connectivity index (χ4n) is 2.93. The third kappa shape index (κ3) is 5.59. The van der Waals surface area contributed by atoms with Crippen molar-refractivity contribution in [1.29, 1.82) is 0 Å². The Balaban J connectivity index is 1.49. The van der Waals surface area contributed by atoms with E-state index in [2.05, 4.69) is 30.5 Å². The molecule has 1 aliphatic heterocycles. The standard InChI is InChI=1S/C20H18ClF2N7O3/c1-31-15-3-2-12(8-16(15)33-18-14(23)11-24-19(21)28-18)9-26-29-20-25-10-13(22)17(27-20)30-4-6-32-7-5-30/h2-3,8-11H,4-7H2,1H3,(H,25,27,29)/b26-9+. The van der Waals surface area contributed by atoms with Gasteiger partial charge >= 0.3 is 0 Å². The van der Waals surface area contributed by atoms with Gasteiger partial charge in [0.25, 0.3) is 5.88 Å². The van der Waals surface area contributed by atoms with E-state index < -0.39 is 11.6 Å². The smallest absolute Gasteiger partial charge is 0.260 e. The van der Waals surface area contributed by atoms with Gasteiger partial charge in [0.05, 0.1) is 38.9 Å². The highest BCUT2D eigenvalue weighted by molar-refractivity contribution is 6.28. The second-order valence-corrected chi connectivity index (χ2v) is 6.98. The highest BCUT2D eigenvalue weighted by Gasteiger charge is 2.18. The van der Waals surface area contributed by atoms with Crippen molar-refractivity contribution in [2.45, 2.75) is 0 Å². The zero-order chi connectivity index (χ0) is 23.2. The van der Waals surface area contributed by atoms with Crippen LogP contribution in [0, 0.1) is 11.6 Å². The van der Waals surface area contributed by atoms with Crippen molar-refractivity contribution in [3.05, 3.63) is 53.1 Å². The quantitative estimate of drug-likeness (QED) is 0.311. The van der Waals surface area contributed by atoms with Crippen molar-refractivity contribution < 1.29 is 23.0 Å². The average Bonchev–Trinajstić information content (AvgIpc) is 2.83. The Morgan fingerprint density at radius 3 is 2.70 bits per heavy atom. The van der Waals surface area contributed by atoms with Gasteiger partial charge in [-0.05, 0) is 35.4 Å². The number of rotatable bonds is 7. The predicted molar refractivity (Wildman–Crippen MR) is 116 cm³/mol. The summed E-state index contributed by atoms with van der Waals surface area (Å²) in [5, 5.41) is 3.92. The first-order valence-electron chi connectivity index (χ1n) is 9.71. The number of benzene rings is 1. The highest BCUT2D eigenvalue weighted by atomic mass is 35.5. The summed E-state index contributed by atoms with van der Waals surface area (Å²) in [5.41, 5.74) is 3.24. The van der Waals surface area contributed by atoms with Gasteiger partial charge in [-0.25, -0.2) is 19.8 Å². The molecule has 1 fully saturated rings. The van der Waals surface area contributed by atoms with Crippen LogP contribution in [0.5, 0.6) is 17.4 Å². The second kappa shape index (κ2) is 10.3. The summed E-state index contributed by atoms with van der Waals surface area (Å²) in [7, 11) is 1.44. The van der Waals surface area contributed by atoms with Crippen LogP contribution in [0.15, 0.2) is 35.7 Å². The lowest BCUT2D eigenvalue weighted by atomic mass is 10.2. The van der Waals surface area contributed by atoms with Crippen molar-refractivity contribution in [2.24, 2.45) is 5.10 Å². The van der Waals surface area contributed by atoms with Crippen LogP contribution >= 0.6 is 11.6 Å². The average molecular weight is 478 g/mol. The van der Waals surface area contributed by atoms with E-state index in [9.17, 15) is 8.78 Å². The maximum absolute atomic E-state index is 14.1.